The number of carbonyl (C=O) groups is 1. The summed E-state index contributed by atoms with van der Waals surface area (Å²) < 4.78 is 1.07. The molecule has 0 aliphatic rings. The normalized spacial score (nSPS) is 10.9. The Morgan fingerprint density at radius 1 is 0.917 bits per heavy atom. The fourth-order valence-electron chi connectivity index (χ4n) is 2.68. The van der Waals surface area contributed by atoms with Crippen LogP contribution >= 0.6 is 11.3 Å². The first-order valence-electron chi connectivity index (χ1n) is 7.61. The summed E-state index contributed by atoms with van der Waals surface area (Å²) in [4.78, 5) is 16.6. The number of amides is 2. The molecule has 4 rings (SSSR count). The van der Waals surface area contributed by atoms with Crippen LogP contribution in [0, 0.1) is 6.92 Å². The maximum absolute atomic E-state index is 12.2. The summed E-state index contributed by atoms with van der Waals surface area (Å²) in [6.07, 6.45) is 0. The fraction of sp³-hybridized carbons (Fsp3) is 0.0526. The van der Waals surface area contributed by atoms with Crippen molar-refractivity contribution in [3.63, 3.8) is 0 Å². The Bertz CT molecular complexity index is 1050. The third-order valence-electron chi connectivity index (χ3n) is 3.76. The van der Waals surface area contributed by atoms with E-state index in [2.05, 4.69) is 15.6 Å². The number of aryl methyl sites for hydroxylation is 1. The van der Waals surface area contributed by atoms with Gasteiger partial charge >= 0.3 is 6.03 Å². The minimum Gasteiger partial charge on any atom is -0.308 e. The smallest absolute Gasteiger partial charge is 0.308 e. The van der Waals surface area contributed by atoms with Crippen LogP contribution in [0.3, 0.4) is 0 Å². The molecule has 0 atom stereocenters. The number of urea groups is 1. The summed E-state index contributed by atoms with van der Waals surface area (Å²) in [5.74, 6) is 0. The van der Waals surface area contributed by atoms with Crippen LogP contribution < -0.4 is 10.6 Å². The highest BCUT2D eigenvalue weighted by molar-refractivity contribution is 7.18. The van der Waals surface area contributed by atoms with Gasteiger partial charge in [0.15, 0.2) is 0 Å². The van der Waals surface area contributed by atoms with Crippen LogP contribution in [0.4, 0.5) is 16.2 Å². The van der Waals surface area contributed by atoms with Gasteiger partial charge in [0.25, 0.3) is 0 Å². The van der Waals surface area contributed by atoms with Crippen molar-refractivity contribution in [1.82, 2.24) is 4.98 Å². The van der Waals surface area contributed by atoms with Gasteiger partial charge in [0.1, 0.15) is 0 Å². The van der Waals surface area contributed by atoms with Crippen LogP contribution in [0.25, 0.3) is 21.0 Å². The average molecular weight is 333 g/mol. The van der Waals surface area contributed by atoms with Crippen LogP contribution in [0.5, 0.6) is 0 Å². The second-order valence-electron chi connectivity index (χ2n) is 5.56. The van der Waals surface area contributed by atoms with Crippen molar-refractivity contribution >= 4 is 49.7 Å². The second kappa shape index (κ2) is 5.94. The Hall–Kier alpha value is -2.92. The Morgan fingerprint density at radius 2 is 1.62 bits per heavy atom. The van der Waals surface area contributed by atoms with Gasteiger partial charge in [-0.25, -0.2) is 9.78 Å². The third-order valence-corrected chi connectivity index (χ3v) is 4.69. The number of hydrogen-bond acceptors (Lipinski definition) is 3. The lowest BCUT2D eigenvalue weighted by Gasteiger charge is -2.08. The van der Waals surface area contributed by atoms with Gasteiger partial charge in [-0.2, -0.15) is 0 Å². The summed E-state index contributed by atoms with van der Waals surface area (Å²) in [6.45, 7) is 1.98. The molecule has 0 unspecified atom stereocenters. The first-order chi connectivity index (χ1) is 11.7. The zero-order chi connectivity index (χ0) is 16.5. The van der Waals surface area contributed by atoms with E-state index in [0.29, 0.717) is 0 Å². The van der Waals surface area contributed by atoms with Gasteiger partial charge in [-0.15, -0.1) is 11.3 Å². The van der Waals surface area contributed by atoms with E-state index in [0.717, 1.165) is 37.4 Å². The molecule has 0 fully saturated rings. The first kappa shape index (κ1) is 14.7. The molecule has 3 aromatic carbocycles. The van der Waals surface area contributed by atoms with Gasteiger partial charge in [-0.1, -0.05) is 30.3 Å². The molecule has 4 nitrogen and oxygen atoms in total. The number of rotatable bonds is 2. The number of aromatic nitrogens is 1. The van der Waals surface area contributed by atoms with E-state index in [-0.39, 0.29) is 6.03 Å². The number of fused-ring (bicyclic) bond motifs is 2. The van der Waals surface area contributed by atoms with E-state index in [1.54, 1.807) is 11.3 Å². The van der Waals surface area contributed by atoms with Gasteiger partial charge in [-0.3, -0.25) is 0 Å². The average Bonchev–Trinajstić information content (AvgIpc) is 2.94. The van der Waals surface area contributed by atoms with Crippen LogP contribution in [0.1, 0.15) is 5.01 Å². The molecule has 4 aromatic rings. The molecule has 5 heteroatoms. The predicted molar refractivity (Wildman–Crippen MR) is 101 cm³/mol. The lowest BCUT2D eigenvalue weighted by atomic mass is 10.1. The molecule has 0 saturated carbocycles. The number of nitrogens with zero attached hydrogens (tertiary/aromatic N) is 1. The lowest BCUT2D eigenvalue weighted by Crippen LogP contribution is -2.19. The standard InChI is InChI=1S/C19H15N3OS/c1-12-20-17-9-8-16(11-18(17)24-12)22-19(23)21-15-7-6-13-4-2-3-5-14(13)10-15/h2-11H,1H3,(H2,21,22,23). The first-order valence-corrected chi connectivity index (χ1v) is 8.43. The highest BCUT2D eigenvalue weighted by Crippen LogP contribution is 2.25. The van der Waals surface area contributed by atoms with Gasteiger partial charge in [-0.05, 0) is 48.0 Å². The summed E-state index contributed by atoms with van der Waals surface area (Å²) in [5, 5.41) is 9.00. The Kier molecular flexibility index (Phi) is 3.63. The third kappa shape index (κ3) is 2.94. The van der Waals surface area contributed by atoms with Crippen LogP contribution in [0.15, 0.2) is 60.7 Å². The topological polar surface area (TPSA) is 54.0 Å². The molecule has 0 spiro atoms. The molecule has 0 radical (unpaired) electrons. The summed E-state index contributed by atoms with van der Waals surface area (Å²) >= 11 is 1.62. The van der Waals surface area contributed by atoms with Crippen molar-refractivity contribution in [3.05, 3.63) is 65.7 Å². The molecule has 0 aliphatic carbocycles. The number of nitrogens with one attached hydrogen (secondary N) is 2. The monoisotopic (exact) mass is 333 g/mol. The molecule has 24 heavy (non-hydrogen) atoms. The van der Waals surface area contributed by atoms with Crippen molar-refractivity contribution in [3.8, 4) is 0 Å². The largest absolute Gasteiger partial charge is 0.323 e. The van der Waals surface area contributed by atoms with E-state index in [4.69, 9.17) is 0 Å². The number of hydrogen-bond donors (Lipinski definition) is 2. The van der Waals surface area contributed by atoms with Crippen molar-refractivity contribution in [2.45, 2.75) is 6.92 Å². The Balaban J connectivity index is 1.51. The van der Waals surface area contributed by atoms with E-state index in [9.17, 15) is 4.79 Å². The Labute approximate surface area is 143 Å². The van der Waals surface area contributed by atoms with Crippen LogP contribution in [0.2, 0.25) is 0 Å². The molecule has 0 aliphatic heterocycles. The maximum atomic E-state index is 12.2. The molecular weight excluding hydrogens is 318 g/mol. The van der Waals surface area contributed by atoms with E-state index in [1.807, 2.05) is 67.6 Å². The molecule has 2 N–H and O–H groups in total. The Morgan fingerprint density at radius 3 is 2.46 bits per heavy atom. The van der Waals surface area contributed by atoms with Crippen molar-refractivity contribution < 1.29 is 4.79 Å². The zero-order valence-electron chi connectivity index (χ0n) is 13.0. The molecule has 2 amide bonds. The van der Waals surface area contributed by atoms with Crippen molar-refractivity contribution in [1.29, 1.82) is 0 Å². The number of anilines is 2. The quantitative estimate of drug-likeness (QED) is 0.516. The minimum atomic E-state index is -0.258. The van der Waals surface area contributed by atoms with Gasteiger partial charge in [0.2, 0.25) is 0 Å². The molecule has 0 bridgehead atoms. The lowest BCUT2D eigenvalue weighted by molar-refractivity contribution is 0.262. The van der Waals surface area contributed by atoms with E-state index < -0.39 is 0 Å². The maximum Gasteiger partial charge on any atom is 0.323 e. The van der Waals surface area contributed by atoms with Crippen molar-refractivity contribution in [2.75, 3.05) is 10.6 Å². The molecule has 1 aromatic heterocycles. The summed E-state index contributed by atoms with van der Waals surface area (Å²) in [7, 11) is 0. The molecular formula is C19H15N3OS. The van der Waals surface area contributed by atoms with Crippen molar-refractivity contribution in [2.24, 2.45) is 0 Å². The van der Waals surface area contributed by atoms with E-state index >= 15 is 0 Å². The summed E-state index contributed by atoms with van der Waals surface area (Å²) in [5.41, 5.74) is 2.48. The molecule has 118 valence electrons. The number of benzene rings is 3. The zero-order valence-corrected chi connectivity index (χ0v) is 13.9. The highest BCUT2D eigenvalue weighted by Gasteiger charge is 2.06. The number of carbonyl (C=O) groups excluding carboxylic acids is 1. The van der Waals surface area contributed by atoms with Crippen LogP contribution in [-0.4, -0.2) is 11.0 Å². The predicted octanol–water partition coefficient (Wildman–Crippen LogP) is 5.40. The van der Waals surface area contributed by atoms with Crippen LogP contribution in [-0.2, 0) is 0 Å². The van der Waals surface area contributed by atoms with Gasteiger partial charge in [0, 0.05) is 11.4 Å². The van der Waals surface area contributed by atoms with Gasteiger partial charge in [0.05, 0.1) is 15.2 Å². The SMILES string of the molecule is Cc1nc2ccc(NC(=O)Nc3ccc4ccccc4c3)cc2s1. The number of thiazole rings is 1. The second-order valence-corrected chi connectivity index (χ2v) is 6.79. The van der Waals surface area contributed by atoms with E-state index in [1.165, 1.54) is 0 Å². The van der Waals surface area contributed by atoms with Gasteiger partial charge < -0.3 is 10.6 Å². The molecule has 0 saturated heterocycles. The molecule has 1 heterocycles. The minimum absolute atomic E-state index is 0.258. The highest BCUT2D eigenvalue weighted by atomic mass is 32.1. The summed E-state index contributed by atoms with van der Waals surface area (Å²) in [6, 6.07) is 19.4. The fourth-order valence-corrected chi connectivity index (χ4v) is 3.54.